The lowest BCUT2D eigenvalue weighted by atomic mass is 9.84. The molecule has 4 rings (SSSR count). The maximum Gasteiger partial charge on any atom is 0.319 e. The number of benzene rings is 3. The Morgan fingerprint density at radius 1 is 0.800 bits per heavy atom. The van der Waals surface area contributed by atoms with Crippen LogP contribution in [0.4, 0.5) is 10.5 Å². The molecule has 0 spiro atoms. The molecule has 0 unspecified atom stereocenters. The lowest BCUT2D eigenvalue weighted by molar-refractivity contribution is 0.0919. The summed E-state index contributed by atoms with van der Waals surface area (Å²) >= 11 is 0. The molecule has 3 aromatic rings. The molecule has 30 heavy (non-hydrogen) atoms. The summed E-state index contributed by atoms with van der Waals surface area (Å²) in [6.07, 6.45) is 2.07. The van der Waals surface area contributed by atoms with E-state index >= 15 is 0 Å². The van der Waals surface area contributed by atoms with Gasteiger partial charge in [0.15, 0.2) is 0 Å². The van der Waals surface area contributed by atoms with Gasteiger partial charge in [0.25, 0.3) is 5.91 Å². The van der Waals surface area contributed by atoms with Gasteiger partial charge >= 0.3 is 6.03 Å². The molecule has 0 aromatic heterocycles. The molecule has 1 saturated carbocycles. The summed E-state index contributed by atoms with van der Waals surface area (Å²) in [5, 5.41) is 8.87. The average Bonchev–Trinajstić information content (AvgIpc) is 3.59. The van der Waals surface area contributed by atoms with Crippen LogP contribution in [0.2, 0.25) is 0 Å². The van der Waals surface area contributed by atoms with Crippen molar-refractivity contribution in [3.63, 3.8) is 0 Å². The quantitative estimate of drug-likeness (QED) is 0.564. The molecule has 0 heterocycles. The summed E-state index contributed by atoms with van der Waals surface area (Å²) in [4.78, 5) is 25.0. The van der Waals surface area contributed by atoms with Crippen LogP contribution in [0.3, 0.4) is 0 Å². The van der Waals surface area contributed by atoms with Crippen molar-refractivity contribution in [2.45, 2.75) is 31.3 Å². The van der Waals surface area contributed by atoms with Crippen LogP contribution in [0.15, 0.2) is 84.9 Å². The zero-order valence-electron chi connectivity index (χ0n) is 16.9. The fourth-order valence-electron chi connectivity index (χ4n) is 3.44. The molecule has 5 nitrogen and oxygen atoms in total. The molecule has 1 aliphatic carbocycles. The van der Waals surface area contributed by atoms with Crippen molar-refractivity contribution < 1.29 is 9.59 Å². The normalized spacial score (nSPS) is 13.4. The van der Waals surface area contributed by atoms with Gasteiger partial charge in [0.1, 0.15) is 0 Å². The molecule has 0 saturated heterocycles. The van der Waals surface area contributed by atoms with Crippen LogP contribution < -0.4 is 16.0 Å². The number of hydrogen-bond acceptors (Lipinski definition) is 2. The van der Waals surface area contributed by atoms with E-state index in [9.17, 15) is 9.59 Å². The minimum absolute atomic E-state index is 0.181. The van der Waals surface area contributed by atoms with Crippen molar-refractivity contribution in [2.75, 3.05) is 5.32 Å². The molecule has 1 aliphatic rings. The van der Waals surface area contributed by atoms with E-state index in [0.717, 1.165) is 24.0 Å². The van der Waals surface area contributed by atoms with Gasteiger partial charge in [0, 0.05) is 17.3 Å². The molecular formula is C25H25N3O2. The van der Waals surface area contributed by atoms with Crippen LogP contribution in [-0.4, -0.2) is 18.0 Å². The second kappa shape index (κ2) is 8.41. The molecule has 152 valence electrons. The van der Waals surface area contributed by atoms with E-state index in [-0.39, 0.29) is 11.9 Å². The van der Waals surface area contributed by atoms with Crippen LogP contribution >= 0.6 is 0 Å². The monoisotopic (exact) mass is 399 g/mol. The number of amides is 3. The van der Waals surface area contributed by atoms with E-state index in [1.165, 1.54) is 0 Å². The second-order valence-corrected chi connectivity index (χ2v) is 7.76. The molecular weight excluding hydrogens is 374 g/mol. The van der Waals surface area contributed by atoms with E-state index in [0.29, 0.717) is 17.3 Å². The predicted octanol–water partition coefficient (Wildman–Crippen LogP) is 4.66. The summed E-state index contributed by atoms with van der Waals surface area (Å²) in [7, 11) is 0. The van der Waals surface area contributed by atoms with Crippen molar-refractivity contribution in [3.8, 4) is 0 Å². The standard InChI is InChI=1S/C25H25N3O2/c1-25(19-8-4-2-5-9-19,20-10-6-3-7-11-20)28-23(29)18-12-14-21(15-13-18)26-24(30)27-22-16-17-22/h2-15,22H,16-17H2,1H3,(H,28,29)(H2,26,27,30). The number of carbonyl (C=O) groups is 2. The first-order valence-electron chi connectivity index (χ1n) is 10.2. The molecule has 3 aromatic carbocycles. The van der Waals surface area contributed by atoms with Crippen LogP contribution in [0.5, 0.6) is 0 Å². The van der Waals surface area contributed by atoms with Gasteiger partial charge in [-0.3, -0.25) is 4.79 Å². The first kappa shape index (κ1) is 19.7. The van der Waals surface area contributed by atoms with Gasteiger partial charge in [-0.15, -0.1) is 0 Å². The lowest BCUT2D eigenvalue weighted by Crippen LogP contribution is -2.44. The van der Waals surface area contributed by atoms with Crippen LogP contribution in [0.25, 0.3) is 0 Å². The molecule has 3 amide bonds. The molecule has 0 radical (unpaired) electrons. The zero-order valence-corrected chi connectivity index (χ0v) is 16.9. The van der Waals surface area contributed by atoms with Gasteiger partial charge < -0.3 is 16.0 Å². The summed E-state index contributed by atoms with van der Waals surface area (Å²) in [5.74, 6) is -0.181. The zero-order chi connectivity index (χ0) is 21.0. The molecule has 5 heteroatoms. The van der Waals surface area contributed by atoms with E-state index in [1.54, 1.807) is 24.3 Å². The predicted molar refractivity (Wildman–Crippen MR) is 118 cm³/mol. The Morgan fingerprint density at radius 3 is 1.83 bits per heavy atom. The third kappa shape index (κ3) is 4.51. The Bertz CT molecular complexity index is 974. The SMILES string of the molecule is CC(NC(=O)c1ccc(NC(=O)NC2CC2)cc1)(c1ccccc1)c1ccccc1. The Hall–Kier alpha value is -3.60. The fraction of sp³-hybridized carbons (Fsp3) is 0.200. The maximum atomic E-state index is 13.1. The van der Waals surface area contributed by atoms with E-state index in [2.05, 4.69) is 16.0 Å². The van der Waals surface area contributed by atoms with Crippen LogP contribution in [-0.2, 0) is 5.54 Å². The molecule has 3 N–H and O–H groups in total. The van der Waals surface area contributed by atoms with Crippen LogP contribution in [0.1, 0.15) is 41.3 Å². The Kier molecular flexibility index (Phi) is 5.53. The summed E-state index contributed by atoms with van der Waals surface area (Å²) in [6.45, 7) is 2.01. The summed E-state index contributed by atoms with van der Waals surface area (Å²) < 4.78 is 0. The Balaban J connectivity index is 1.52. The van der Waals surface area contributed by atoms with E-state index in [1.807, 2.05) is 67.6 Å². The van der Waals surface area contributed by atoms with Gasteiger partial charge in [0.05, 0.1) is 5.54 Å². The van der Waals surface area contributed by atoms with Gasteiger partial charge in [-0.05, 0) is 55.2 Å². The largest absolute Gasteiger partial charge is 0.339 e. The number of anilines is 1. The smallest absolute Gasteiger partial charge is 0.319 e. The topological polar surface area (TPSA) is 70.2 Å². The molecule has 1 fully saturated rings. The van der Waals surface area contributed by atoms with Crippen molar-refractivity contribution >= 4 is 17.6 Å². The number of urea groups is 1. The maximum absolute atomic E-state index is 13.1. The molecule has 0 atom stereocenters. The number of rotatable bonds is 6. The fourth-order valence-corrected chi connectivity index (χ4v) is 3.44. The third-order valence-corrected chi connectivity index (χ3v) is 5.38. The third-order valence-electron chi connectivity index (χ3n) is 5.38. The highest BCUT2D eigenvalue weighted by atomic mass is 16.2. The Labute approximate surface area is 176 Å². The van der Waals surface area contributed by atoms with Gasteiger partial charge in [-0.2, -0.15) is 0 Å². The summed E-state index contributed by atoms with van der Waals surface area (Å²) in [5.41, 5.74) is 2.50. The summed E-state index contributed by atoms with van der Waals surface area (Å²) in [6, 6.07) is 26.8. The van der Waals surface area contributed by atoms with Crippen molar-refractivity contribution in [1.82, 2.24) is 10.6 Å². The molecule has 0 aliphatic heterocycles. The highest BCUT2D eigenvalue weighted by Gasteiger charge is 2.31. The van der Waals surface area contributed by atoms with Crippen molar-refractivity contribution in [1.29, 1.82) is 0 Å². The number of nitrogens with one attached hydrogen (secondary N) is 3. The highest BCUT2D eigenvalue weighted by Crippen LogP contribution is 2.29. The minimum atomic E-state index is -0.680. The van der Waals surface area contributed by atoms with Crippen molar-refractivity contribution in [2.24, 2.45) is 0 Å². The van der Waals surface area contributed by atoms with Crippen LogP contribution in [0, 0.1) is 0 Å². The first-order chi connectivity index (χ1) is 14.5. The van der Waals surface area contributed by atoms with Gasteiger partial charge in [0.2, 0.25) is 0 Å². The molecule has 0 bridgehead atoms. The van der Waals surface area contributed by atoms with Gasteiger partial charge in [-0.25, -0.2) is 4.79 Å². The highest BCUT2D eigenvalue weighted by molar-refractivity contribution is 5.96. The number of hydrogen-bond donors (Lipinski definition) is 3. The minimum Gasteiger partial charge on any atom is -0.339 e. The van der Waals surface area contributed by atoms with Crippen molar-refractivity contribution in [3.05, 3.63) is 102 Å². The number of carbonyl (C=O) groups excluding carboxylic acids is 2. The lowest BCUT2D eigenvalue weighted by Gasteiger charge is -2.32. The first-order valence-corrected chi connectivity index (χ1v) is 10.2. The van der Waals surface area contributed by atoms with Gasteiger partial charge in [-0.1, -0.05) is 60.7 Å². The van der Waals surface area contributed by atoms with E-state index < -0.39 is 5.54 Å². The van der Waals surface area contributed by atoms with E-state index in [4.69, 9.17) is 0 Å². The average molecular weight is 399 g/mol. The Morgan fingerprint density at radius 2 is 1.33 bits per heavy atom. The second-order valence-electron chi connectivity index (χ2n) is 7.76.